The van der Waals surface area contributed by atoms with E-state index < -0.39 is 20.0 Å². The minimum Gasteiger partial charge on any atom is -0.387 e. The molecule has 0 aliphatic rings. The normalized spacial score (nSPS) is 14.7. The first-order chi connectivity index (χ1) is 26.5. The predicted octanol–water partition coefficient (Wildman–Crippen LogP) is 12.7. The number of phosphoric ester groups is 1. The van der Waals surface area contributed by atoms with Crippen LogP contribution in [0.1, 0.15) is 200 Å². The molecule has 0 rings (SSSR count). The average molecular weight is 798 g/mol. The van der Waals surface area contributed by atoms with E-state index in [1.165, 1.54) is 148 Å². The Bertz CT molecular complexity index is 995. The molecule has 0 aliphatic heterocycles. The van der Waals surface area contributed by atoms with Crippen LogP contribution in [0.2, 0.25) is 0 Å². The fourth-order valence-electron chi connectivity index (χ4n) is 6.47. The molecule has 9 heteroatoms. The van der Waals surface area contributed by atoms with E-state index in [4.69, 9.17) is 9.05 Å². The largest absolute Gasteiger partial charge is 0.472 e. The number of amides is 1. The van der Waals surface area contributed by atoms with Gasteiger partial charge in [0.2, 0.25) is 5.91 Å². The first kappa shape index (κ1) is 53.7. The summed E-state index contributed by atoms with van der Waals surface area (Å²) in [6.45, 7) is 4.42. The number of nitrogens with one attached hydrogen (secondary N) is 1. The Morgan fingerprint density at radius 2 is 1.00 bits per heavy atom. The minimum atomic E-state index is -4.32. The van der Waals surface area contributed by atoms with Crippen molar-refractivity contribution in [1.29, 1.82) is 0 Å². The second kappa shape index (κ2) is 38.2. The number of carbonyl (C=O) groups excluding carboxylic acids is 1. The van der Waals surface area contributed by atoms with Crippen LogP contribution in [0.4, 0.5) is 0 Å². The summed E-state index contributed by atoms with van der Waals surface area (Å²) in [5, 5.41) is 13.4. The van der Waals surface area contributed by atoms with Crippen LogP contribution in [0.25, 0.3) is 0 Å². The number of likely N-dealkylation sites (N-methyl/N-ethyl adjacent to an activating group) is 1. The zero-order valence-corrected chi connectivity index (χ0v) is 37.6. The van der Waals surface area contributed by atoms with Crippen LogP contribution < -0.4 is 5.32 Å². The summed E-state index contributed by atoms with van der Waals surface area (Å²) >= 11 is 0. The summed E-state index contributed by atoms with van der Waals surface area (Å²) in [5.41, 5.74) is 0. The van der Waals surface area contributed by atoms with Crippen molar-refractivity contribution in [1.82, 2.24) is 5.32 Å². The lowest BCUT2D eigenvalue weighted by Gasteiger charge is -2.25. The summed E-state index contributed by atoms with van der Waals surface area (Å²) in [5.74, 6) is -0.245. The molecule has 8 nitrogen and oxygen atoms in total. The van der Waals surface area contributed by atoms with Gasteiger partial charge in [-0.25, -0.2) is 4.57 Å². The molecule has 0 heterocycles. The molecular formula is C46H90N2O6P+. The summed E-state index contributed by atoms with van der Waals surface area (Å²) in [4.78, 5) is 22.3. The minimum absolute atomic E-state index is 0.0517. The Hall–Kier alpha value is -1.28. The van der Waals surface area contributed by atoms with Gasteiger partial charge in [0, 0.05) is 6.42 Å². The number of rotatable bonds is 41. The number of quaternary nitrogens is 1. The number of hydrogen-bond acceptors (Lipinski definition) is 5. The molecule has 0 bridgehead atoms. The van der Waals surface area contributed by atoms with Crippen LogP contribution in [-0.2, 0) is 18.4 Å². The van der Waals surface area contributed by atoms with E-state index in [2.05, 4.69) is 36.5 Å². The van der Waals surface area contributed by atoms with Gasteiger partial charge in [0.05, 0.1) is 39.9 Å². The summed E-state index contributed by atoms with van der Waals surface area (Å²) < 4.78 is 23.1. The quantitative estimate of drug-likeness (QED) is 0.0246. The Morgan fingerprint density at radius 3 is 1.42 bits per heavy atom. The van der Waals surface area contributed by atoms with Gasteiger partial charge >= 0.3 is 7.82 Å². The molecule has 0 aromatic rings. The second-order valence-electron chi connectivity index (χ2n) is 16.8. The zero-order chi connectivity index (χ0) is 40.7. The van der Waals surface area contributed by atoms with Gasteiger partial charge in [0.15, 0.2) is 0 Å². The lowest BCUT2D eigenvalue weighted by atomic mass is 10.0. The zero-order valence-electron chi connectivity index (χ0n) is 36.7. The van der Waals surface area contributed by atoms with E-state index in [1.807, 2.05) is 34.1 Å². The summed E-state index contributed by atoms with van der Waals surface area (Å²) in [6.07, 6.45) is 48.5. The Morgan fingerprint density at radius 1 is 0.600 bits per heavy atom. The number of nitrogens with zero attached hydrogens (tertiary/aromatic N) is 1. The molecule has 0 saturated heterocycles. The van der Waals surface area contributed by atoms with E-state index >= 15 is 0 Å². The molecule has 3 N–H and O–H groups in total. The van der Waals surface area contributed by atoms with Gasteiger partial charge in [-0.15, -0.1) is 0 Å². The summed E-state index contributed by atoms with van der Waals surface area (Å²) in [7, 11) is 1.54. The predicted molar refractivity (Wildman–Crippen MR) is 235 cm³/mol. The van der Waals surface area contributed by atoms with Crippen LogP contribution in [0, 0.1) is 0 Å². The van der Waals surface area contributed by atoms with Crippen molar-refractivity contribution in [2.24, 2.45) is 0 Å². The van der Waals surface area contributed by atoms with E-state index in [9.17, 15) is 19.4 Å². The van der Waals surface area contributed by atoms with Crippen molar-refractivity contribution in [2.75, 3.05) is 40.9 Å². The first-order valence-corrected chi connectivity index (χ1v) is 24.4. The van der Waals surface area contributed by atoms with Gasteiger partial charge in [-0.1, -0.05) is 185 Å². The number of carbonyl (C=O) groups is 1. The molecule has 0 spiro atoms. The fourth-order valence-corrected chi connectivity index (χ4v) is 7.21. The topological polar surface area (TPSA) is 105 Å². The lowest BCUT2D eigenvalue weighted by molar-refractivity contribution is -0.870. The van der Waals surface area contributed by atoms with Crippen molar-refractivity contribution in [3.63, 3.8) is 0 Å². The molecule has 3 atom stereocenters. The van der Waals surface area contributed by atoms with Crippen molar-refractivity contribution >= 4 is 13.7 Å². The Balaban J connectivity index is 3.81. The number of aliphatic hydroxyl groups is 1. The third-order valence-electron chi connectivity index (χ3n) is 10.1. The van der Waals surface area contributed by atoms with Crippen molar-refractivity contribution < 1.29 is 32.9 Å². The second-order valence-corrected chi connectivity index (χ2v) is 18.2. The molecule has 1 amide bonds. The van der Waals surface area contributed by atoms with Gasteiger partial charge in [-0.3, -0.25) is 13.8 Å². The van der Waals surface area contributed by atoms with Gasteiger partial charge in [0.25, 0.3) is 0 Å². The van der Waals surface area contributed by atoms with Crippen LogP contribution in [0.3, 0.4) is 0 Å². The Labute approximate surface area is 340 Å². The molecule has 0 fully saturated rings. The highest BCUT2D eigenvalue weighted by Crippen LogP contribution is 2.43. The van der Waals surface area contributed by atoms with E-state index in [0.717, 1.165) is 25.7 Å². The maximum absolute atomic E-state index is 12.3. The number of allylic oxidation sites excluding steroid dienone is 5. The molecule has 0 aliphatic carbocycles. The average Bonchev–Trinajstić information content (AvgIpc) is 3.13. The van der Waals surface area contributed by atoms with E-state index in [-0.39, 0.29) is 19.1 Å². The monoisotopic (exact) mass is 798 g/mol. The molecule has 0 radical (unpaired) electrons. The molecule has 55 heavy (non-hydrogen) atoms. The molecule has 0 aromatic carbocycles. The van der Waals surface area contributed by atoms with Crippen LogP contribution >= 0.6 is 7.82 Å². The highest BCUT2D eigenvalue weighted by molar-refractivity contribution is 7.47. The number of unbranched alkanes of at least 4 members (excludes halogenated alkanes) is 24. The fraction of sp³-hybridized carbons (Fsp3) is 0.848. The molecule has 324 valence electrons. The third-order valence-corrected chi connectivity index (χ3v) is 11.0. The van der Waals surface area contributed by atoms with Crippen molar-refractivity contribution in [3.05, 3.63) is 36.5 Å². The van der Waals surface area contributed by atoms with Crippen LogP contribution in [0.15, 0.2) is 36.5 Å². The van der Waals surface area contributed by atoms with Crippen molar-refractivity contribution in [2.45, 2.75) is 212 Å². The maximum Gasteiger partial charge on any atom is 0.472 e. The highest BCUT2D eigenvalue weighted by atomic mass is 31.2. The third kappa shape index (κ3) is 40.7. The van der Waals surface area contributed by atoms with Gasteiger partial charge in [-0.2, -0.15) is 0 Å². The standard InChI is InChI=1S/C46H89N2O6P/c1-6-8-9-10-11-12-13-14-15-16-17-18-19-20-21-22-23-24-25-26-27-28-29-30-31-32-33-34-35-36-37-38-40-45(49)44(47-46(50)39-7-2)43-54-55(51,52)53-42-41-48(3,4)5/h30-31,34-35,38,40,44-45,49H,6-29,32-33,36-37,39,41-43H2,1-5H3,(H-,47,50,51,52)/p+1/b31-30+,35-34+,40-38+. The van der Waals surface area contributed by atoms with Gasteiger partial charge in [0.1, 0.15) is 13.2 Å². The van der Waals surface area contributed by atoms with E-state index in [1.54, 1.807) is 6.08 Å². The Kier molecular flexibility index (Phi) is 37.4. The van der Waals surface area contributed by atoms with Gasteiger partial charge in [-0.05, 0) is 44.9 Å². The lowest BCUT2D eigenvalue weighted by Crippen LogP contribution is -2.45. The number of aliphatic hydroxyl groups excluding tert-OH is 1. The van der Waals surface area contributed by atoms with E-state index in [0.29, 0.717) is 23.9 Å². The first-order valence-electron chi connectivity index (χ1n) is 22.9. The van der Waals surface area contributed by atoms with Crippen molar-refractivity contribution in [3.8, 4) is 0 Å². The SMILES string of the molecule is CCCCCCCCCCCCCCCCCCCCCCCC/C=C/CC/C=C/CC/C=C/C(O)C(COP(=O)(O)OCC[N+](C)(C)C)NC(=O)CCC. The molecular weight excluding hydrogens is 707 g/mol. The highest BCUT2D eigenvalue weighted by Gasteiger charge is 2.27. The summed E-state index contributed by atoms with van der Waals surface area (Å²) in [6, 6.07) is -0.862. The number of hydrogen-bond donors (Lipinski definition) is 3. The van der Waals surface area contributed by atoms with Crippen LogP contribution in [-0.4, -0.2) is 73.4 Å². The molecule has 0 aromatic heterocycles. The maximum atomic E-state index is 12.3. The smallest absolute Gasteiger partial charge is 0.387 e. The van der Waals surface area contributed by atoms with Crippen LogP contribution in [0.5, 0.6) is 0 Å². The molecule has 3 unspecified atom stereocenters. The number of phosphoric acid groups is 1. The van der Waals surface area contributed by atoms with Gasteiger partial charge < -0.3 is 19.8 Å². The molecule has 0 saturated carbocycles.